The van der Waals surface area contributed by atoms with Gasteiger partial charge in [-0.3, -0.25) is 9.78 Å². The molecule has 0 aliphatic carbocycles. The smallest absolute Gasteiger partial charge is 0.281 e. The van der Waals surface area contributed by atoms with E-state index in [0.29, 0.717) is 11.4 Å². The van der Waals surface area contributed by atoms with Crippen molar-refractivity contribution < 1.29 is 4.79 Å². The number of rotatable bonds is 1. The molecule has 2 aromatic rings. The van der Waals surface area contributed by atoms with Gasteiger partial charge in [-0.2, -0.15) is 9.78 Å². The van der Waals surface area contributed by atoms with E-state index in [0.717, 1.165) is 30.6 Å². The summed E-state index contributed by atoms with van der Waals surface area (Å²) >= 11 is 0. The lowest BCUT2D eigenvalue weighted by atomic mass is 9.98. The number of nitrogens with zero attached hydrogens (tertiary/aromatic N) is 3. The molecular formula is C12H13N5O. The zero-order valence-electron chi connectivity index (χ0n) is 9.76. The molecule has 18 heavy (non-hydrogen) atoms. The number of nitrogen functional groups attached to an aromatic ring is 1. The van der Waals surface area contributed by atoms with E-state index in [4.69, 9.17) is 5.73 Å². The summed E-state index contributed by atoms with van der Waals surface area (Å²) in [5, 5.41) is 7.19. The van der Waals surface area contributed by atoms with Gasteiger partial charge < -0.3 is 11.1 Å². The van der Waals surface area contributed by atoms with Gasteiger partial charge in [0.1, 0.15) is 5.82 Å². The van der Waals surface area contributed by atoms with Crippen LogP contribution in [0.25, 0.3) is 0 Å². The molecule has 3 heterocycles. The first-order valence-electron chi connectivity index (χ1n) is 5.78. The third-order valence-electron chi connectivity index (χ3n) is 3.11. The molecule has 0 saturated heterocycles. The molecule has 6 heteroatoms. The molecule has 92 valence electrons. The molecule has 0 aromatic carbocycles. The highest BCUT2D eigenvalue weighted by atomic mass is 16.2. The van der Waals surface area contributed by atoms with Crippen LogP contribution in [0, 0.1) is 0 Å². The van der Waals surface area contributed by atoms with E-state index in [2.05, 4.69) is 15.4 Å². The van der Waals surface area contributed by atoms with Crippen molar-refractivity contribution in [3.05, 3.63) is 41.3 Å². The van der Waals surface area contributed by atoms with E-state index in [1.807, 2.05) is 0 Å². The first-order valence-corrected chi connectivity index (χ1v) is 5.78. The summed E-state index contributed by atoms with van der Waals surface area (Å²) in [6, 6.07) is 1.60. The Kier molecular flexibility index (Phi) is 2.56. The van der Waals surface area contributed by atoms with Crippen LogP contribution in [0.3, 0.4) is 0 Å². The fourth-order valence-corrected chi connectivity index (χ4v) is 2.20. The average Bonchev–Trinajstić information content (AvgIpc) is 2.83. The van der Waals surface area contributed by atoms with Crippen LogP contribution in [-0.4, -0.2) is 27.2 Å². The van der Waals surface area contributed by atoms with Crippen LogP contribution in [0.4, 0.5) is 5.82 Å². The molecule has 0 radical (unpaired) electrons. The summed E-state index contributed by atoms with van der Waals surface area (Å²) in [4.78, 5) is 16.5. The maximum Gasteiger partial charge on any atom is 0.281 e. The van der Waals surface area contributed by atoms with Crippen molar-refractivity contribution >= 4 is 11.7 Å². The minimum absolute atomic E-state index is 0.219. The third-order valence-corrected chi connectivity index (χ3v) is 3.11. The first-order chi connectivity index (χ1) is 8.77. The van der Waals surface area contributed by atoms with E-state index >= 15 is 0 Å². The van der Waals surface area contributed by atoms with Gasteiger partial charge in [0.2, 0.25) is 0 Å². The lowest BCUT2D eigenvalue weighted by Gasteiger charge is -2.19. The van der Waals surface area contributed by atoms with Gasteiger partial charge in [0, 0.05) is 25.0 Å². The Morgan fingerprint density at radius 2 is 2.33 bits per heavy atom. The molecule has 1 aliphatic rings. The molecule has 1 aliphatic heterocycles. The largest absolute Gasteiger partial charge is 0.383 e. The lowest BCUT2D eigenvalue weighted by molar-refractivity contribution is 0.0946. The van der Waals surface area contributed by atoms with Gasteiger partial charge in [0.15, 0.2) is 0 Å². The van der Waals surface area contributed by atoms with Crippen molar-refractivity contribution in [3.63, 3.8) is 0 Å². The summed E-state index contributed by atoms with van der Waals surface area (Å²) < 4.78 is 1.21. The van der Waals surface area contributed by atoms with Gasteiger partial charge in [-0.1, -0.05) is 0 Å². The van der Waals surface area contributed by atoms with Crippen LogP contribution in [0.5, 0.6) is 0 Å². The Morgan fingerprint density at radius 1 is 1.44 bits per heavy atom. The zero-order valence-corrected chi connectivity index (χ0v) is 9.76. The molecule has 0 bridgehead atoms. The van der Waals surface area contributed by atoms with E-state index in [9.17, 15) is 4.79 Å². The van der Waals surface area contributed by atoms with Crippen LogP contribution in [-0.2, 0) is 13.0 Å². The Bertz CT molecular complexity index is 604. The maximum absolute atomic E-state index is 12.4. The van der Waals surface area contributed by atoms with Crippen molar-refractivity contribution in [1.82, 2.24) is 20.1 Å². The molecule has 3 N–H and O–H groups in total. The number of pyridine rings is 1. The predicted molar refractivity (Wildman–Crippen MR) is 66.0 cm³/mol. The Hall–Kier alpha value is -2.21. The summed E-state index contributed by atoms with van der Waals surface area (Å²) in [7, 11) is 0. The zero-order chi connectivity index (χ0) is 12.5. The van der Waals surface area contributed by atoms with Crippen LogP contribution in [0.1, 0.15) is 21.5 Å². The molecule has 3 rings (SSSR count). The molecule has 0 fully saturated rings. The molecule has 0 amide bonds. The number of nitrogens with two attached hydrogens (primary N) is 1. The van der Waals surface area contributed by atoms with Gasteiger partial charge in [-0.25, -0.2) is 0 Å². The van der Waals surface area contributed by atoms with Crippen molar-refractivity contribution in [1.29, 1.82) is 0 Å². The molecule has 0 saturated carbocycles. The second-order valence-electron chi connectivity index (χ2n) is 4.22. The lowest BCUT2D eigenvalue weighted by Crippen LogP contribution is -2.27. The Morgan fingerprint density at radius 3 is 3.11 bits per heavy atom. The van der Waals surface area contributed by atoms with Crippen LogP contribution < -0.4 is 11.1 Å². The number of hydrogen-bond acceptors (Lipinski definition) is 5. The number of anilines is 1. The quantitative estimate of drug-likeness (QED) is 0.747. The highest BCUT2D eigenvalue weighted by Gasteiger charge is 2.20. The monoisotopic (exact) mass is 243 g/mol. The third kappa shape index (κ3) is 1.67. The van der Waals surface area contributed by atoms with Gasteiger partial charge in [-0.05, 0) is 24.1 Å². The SMILES string of the molecule is Nc1ccnn1C(=O)c1cncc2c1CCNC2. The van der Waals surface area contributed by atoms with Crippen molar-refractivity contribution in [2.75, 3.05) is 12.3 Å². The van der Waals surface area contributed by atoms with Gasteiger partial charge in [-0.15, -0.1) is 0 Å². The van der Waals surface area contributed by atoms with Gasteiger partial charge in [0.05, 0.1) is 11.8 Å². The maximum atomic E-state index is 12.4. The van der Waals surface area contributed by atoms with E-state index < -0.39 is 0 Å². The second kappa shape index (κ2) is 4.23. The molecule has 0 unspecified atom stereocenters. The number of nitrogens with one attached hydrogen (secondary N) is 1. The van der Waals surface area contributed by atoms with Crippen molar-refractivity contribution in [2.45, 2.75) is 13.0 Å². The Balaban J connectivity index is 2.07. The van der Waals surface area contributed by atoms with E-state index in [-0.39, 0.29) is 5.91 Å². The normalized spacial score (nSPS) is 14.2. The van der Waals surface area contributed by atoms with Crippen LogP contribution >= 0.6 is 0 Å². The molecule has 6 nitrogen and oxygen atoms in total. The van der Waals surface area contributed by atoms with Crippen molar-refractivity contribution in [3.8, 4) is 0 Å². The summed E-state index contributed by atoms with van der Waals surface area (Å²) in [6.07, 6.45) is 5.72. The van der Waals surface area contributed by atoms with Crippen molar-refractivity contribution in [2.24, 2.45) is 0 Å². The predicted octanol–water partition coefficient (Wildman–Crippen LogP) is 0.194. The topological polar surface area (TPSA) is 85.8 Å². The first kappa shape index (κ1) is 10.9. The number of carbonyl (C=O) groups excluding carboxylic acids is 1. The molecule has 2 aromatic heterocycles. The highest BCUT2D eigenvalue weighted by Crippen LogP contribution is 2.19. The highest BCUT2D eigenvalue weighted by molar-refractivity contribution is 5.98. The average molecular weight is 243 g/mol. The minimum Gasteiger partial charge on any atom is -0.383 e. The Labute approximate surface area is 104 Å². The fraction of sp³-hybridized carbons (Fsp3) is 0.250. The van der Waals surface area contributed by atoms with Gasteiger partial charge >= 0.3 is 0 Å². The number of hydrogen-bond donors (Lipinski definition) is 2. The summed E-state index contributed by atoms with van der Waals surface area (Å²) in [5.74, 6) is 0.121. The van der Waals surface area contributed by atoms with E-state index in [1.54, 1.807) is 18.5 Å². The van der Waals surface area contributed by atoms with Crippen LogP contribution in [0.15, 0.2) is 24.7 Å². The summed E-state index contributed by atoms with van der Waals surface area (Å²) in [6.45, 7) is 1.62. The molecule has 0 spiro atoms. The summed E-state index contributed by atoms with van der Waals surface area (Å²) in [5.41, 5.74) is 8.40. The van der Waals surface area contributed by atoms with Crippen LogP contribution in [0.2, 0.25) is 0 Å². The molecule has 0 atom stereocenters. The fourth-order valence-electron chi connectivity index (χ4n) is 2.20. The molecular weight excluding hydrogens is 230 g/mol. The number of aromatic nitrogens is 3. The van der Waals surface area contributed by atoms with E-state index in [1.165, 1.54) is 10.9 Å². The minimum atomic E-state index is -0.219. The number of carbonyl (C=O) groups is 1. The number of fused-ring (bicyclic) bond motifs is 1. The standard InChI is InChI=1S/C12H13N5O/c13-11-2-4-16-17(11)12(18)10-7-15-6-8-5-14-3-1-9(8)10/h2,4,6-7,14H,1,3,5,13H2. The van der Waals surface area contributed by atoms with Gasteiger partial charge in [0.25, 0.3) is 5.91 Å². The second-order valence-corrected chi connectivity index (χ2v) is 4.22.